The number of hydrogen-bond donors (Lipinski definition) is 2. The number of ketones is 1. The third kappa shape index (κ3) is 4.53. The predicted molar refractivity (Wildman–Crippen MR) is 134 cm³/mol. The molecule has 0 spiro atoms. The average Bonchev–Trinajstić information content (AvgIpc) is 2.82. The highest BCUT2D eigenvalue weighted by Crippen LogP contribution is 2.43. The molecular weight excluding hydrogens is 446 g/mol. The van der Waals surface area contributed by atoms with Crippen LogP contribution in [0, 0.1) is 0 Å². The summed E-state index contributed by atoms with van der Waals surface area (Å²) in [4.78, 5) is 33.9. The topological polar surface area (TPSA) is 84.1 Å². The van der Waals surface area contributed by atoms with Crippen LogP contribution in [0.2, 0.25) is 0 Å². The van der Waals surface area contributed by atoms with Gasteiger partial charge < -0.3 is 15.0 Å². The fourth-order valence-corrected chi connectivity index (χ4v) is 5.29. The lowest BCUT2D eigenvalue weighted by molar-refractivity contribution is -0.116. The summed E-state index contributed by atoms with van der Waals surface area (Å²) in [5, 5.41) is 4.19. The SMILES string of the molecule is CC(C)Sc1nc2c(c(=O)[nH]1)C(c1ccc(OCc3ccccc3)cc1)C1=C(CCCC1=O)N2. The summed E-state index contributed by atoms with van der Waals surface area (Å²) in [6.07, 6.45) is 2.07. The minimum Gasteiger partial charge on any atom is -0.489 e. The number of aromatic amines is 1. The summed E-state index contributed by atoms with van der Waals surface area (Å²) < 4.78 is 5.93. The van der Waals surface area contributed by atoms with Gasteiger partial charge in [-0.1, -0.05) is 68.1 Å². The van der Waals surface area contributed by atoms with Crippen molar-refractivity contribution < 1.29 is 9.53 Å². The van der Waals surface area contributed by atoms with Gasteiger partial charge in [0.2, 0.25) is 0 Å². The molecule has 1 unspecified atom stereocenters. The zero-order chi connectivity index (χ0) is 23.7. The van der Waals surface area contributed by atoms with Crippen LogP contribution in [0.1, 0.15) is 55.7 Å². The van der Waals surface area contributed by atoms with Gasteiger partial charge in [-0.2, -0.15) is 0 Å². The lowest BCUT2D eigenvalue weighted by atomic mass is 9.76. The Balaban J connectivity index is 1.51. The molecule has 1 atom stereocenters. The maximum atomic E-state index is 13.2. The monoisotopic (exact) mass is 473 g/mol. The number of anilines is 1. The first-order chi connectivity index (χ1) is 16.5. The molecular formula is C27H27N3O3S. The van der Waals surface area contributed by atoms with Crippen molar-refractivity contribution in [2.24, 2.45) is 0 Å². The molecule has 1 aliphatic heterocycles. The molecule has 2 aromatic carbocycles. The van der Waals surface area contributed by atoms with Crippen molar-refractivity contribution >= 4 is 23.4 Å². The van der Waals surface area contributed by atoms with Crippen molar-refractivity contribution in [1.82, 2.24) is 9.97 Å². The molecule has 0 saturated carbocycles. The van der Waals surface area contributed by atoms with Crippen molar-refractivity contribution in [1.29, 1.82) is 0 Å². The van der Waals surface area contributed by atoms with E-state index in [9.17, 15) is 9.59 Å². The number of carbonyl (C=O) groups is 1. The van der Waals surface area contributed by atoms with E-state index in [0.717, 1.165) is 35.4 Å². The highest BCUT2D eigenvalue weighted by Gasteiger charge is 2.37. The number of aromatic nitrogens is 2. The van der Waals surface area contributed by atoms with Gasteiger partial charge >= 0.3 is 0 Å². The van der Waals surface area contributed by atoms with Crippen molar-refractivity contribution in [2.75, 3.05) is 5.32 Å². The van der Waals surface area contributed by atoms with E-state index in [2.05, 4.69) is 24.1 Å². The summed E-state index contributed by atoms with van der Waals surface area (Å²) in [6.45, 7) is 4.59. The molecule has 0 fully saturated rings. The number of ether oxygens (including phenoxy) is 1. The fraction of sp³-hybridized carbons (Fsp3) is 0.296. The molecule has 34 heavy (non-hydrogen) atoms. The number of hydrogen-bond acceptors (Lipinski definition) is 6. The van der Waals surface area contributed by atoms with Gasteiger partial charge in [-0.05, 0) is 36.1 Å². The van der Waals surface area contributed by atoms with E-state index in [0.29, 0.717) is 35.1 Å². The summed E-state index contributed by atoms with van der Waals surface area (Å²) in [7, 11) is 0. The van der Waals surface area contributed by atoms with E-state index >= 15 is 0 Å². The van der Waals surface area contributed by atoms with Gasteiger partial charge in [0.15, 0.2) is 10.9 Å². The van der Waals surface area contributed by atoms with Gasteiger partial charge in [0, 0.05) is 28.9 Å². The highest BCUT2D eigenvalue weighted by molar-refractivity contribution is 7.99. The molecule has 2 N–H and O–H groups in total. The van der Waals surface area contributed by atoms with Crippen LogP contribution < -0.4 is 15.6 Å². The normalized spacial score (nSPS) is 17.3. The van der Waals surface area contributed by atoms with E-state index in [1.807, 2.05) is 54.6 Å². The van der Waals surface area contributed by atoms with E-state index in [-0.39, 0.29) is 16.6 Å². The minimum atomic E-state index is -0.448. The molecule has 174 valence electrons. The van der Waals surface area contributed by atoms with Crippen LogP contribution in [-0.2, 0) is 11.4 Å². The fourth-order valence-electron chi connectivity index (χ4n) is 4.55. The Labute approximate surface area is 202 Å². The third-order valence-electron chi connectivity index (χ3n) is 6.05. The van der Waals surface area contributed by atoms with Crippen LogP contribution in [0.5, 0.6) is 5.75 Å². The molecule has 1 aromatic heterocycles. The summed E-state index contributed by atoms with van der Waals surface area (Å²) in [5.41, 5.74) is 3.84. The van der Waals surface area contributed by atoms with Crippen LogP contribution in [-0.4, -0.2) is 21.0 Å². The number of rotatable bonds is 6. The Morgan fingerprint density at radius 2 is 1.82 bits per heavy atom. The molecule has 7 heteroatoms. The molecule has 1 aliphatic carbocycles. The third-order valence-corrected chi connectivity index (χ3v) is 6.93. The zero-order valence-corrected chi connectivity index (χ0v) is 20.1. The standard InChI is InChI=1S/C27H27N3O3S/c1-16(2)34-27-29-25-24(26(32)30-27)22(23-20(28-25)9-6-10-21(23)31)18-11-13-19(14-12-18)33-15-17-7-4-3-5-8-17/h3-5,7-8,11-14,16,22H,6,9-10,15H2,1-2H3,(H2,28,29,30,32). The smallest absolute Gasteiger partial charge is 0.257 e. The minimum absolute atomic E-state index is 0.0915. The molecule has 5 rings (SSSR count). The van der Waals surface area contributed by atoms with Gasteiger partial charge in [-0.25, -0.2) is 4.98 Å². The van der Waals surface area contributed by atoms with Crippen molar-refractivity contribution in [2.45, 2.75) is 56.0 Å². The Kier molecular flexibility index (Phi) is 6.28. The van der Waals surface area contributed by atoms with Gasteiger partial charge in [0.1, 0.15) is 18.2 Å². The summed E-state index contributed by atoms with van der Waals surface area (Å²) in [5.74, 6) is 0.932. The molecule has 0 amide bonds. The van der Waals surface area contributed by atoms with E-state index < -0.39 is 5.92 Å². The number of H-pyrrole nitrogens is 1. The Bertz CT molecular complexity index is 1300. The van der Waals surface area contributed by atoms with Crippen molar-refractivity contribution in [3.8, 4) is 5.75 Å². The maximum Gasteiger partial charge on any atom is 0.257 e. The number of thioether (sulfide) groups is 1. The van der Waals surface area contributed by atoms with E-state index in [1.165, 1.54) is 11.8 Å². The van der Waals surface area contributed by atoms with Crippen molar-refractivity contribution in [3.05, 3.63) is 92.9 Å². The van der Waals surface area contributed by atoms with E-state index in [4.69, 9.17) is 9.72 Å². The Morgan fingerprint density at radius 3 is 2.56 bits per heavy atom. The van der Waals surface area contributed by atoms with Gasteiger partial charge in [0.25, 0.3) is 5.56 Å². The largest absolute Gasteiger partial charge is 0.489 e. The number of nitrogens with one attached hydrogen (secondary N) is 2. The number of benzene rings is 2. The molecule has 0 saturated heterocycles. The van der Waals surface area contributed by atoms with Crippen LogP contribution in [0.15, 0.2) is 75.8 Å². The molecule has 2 heterocycles. The Hall–Kier alpha value is -3.32. The zero-order valence-electron chi connectivity index (χ0n) is 19.3. The predicted octanol–water partition coefficient (Wildman–Crippen LogP) is 5.41. The first kappa shape index (κ1) is 22.5. The quantitative estimate of drug-likeness (QED) is 0.368. The Morgan fingerprint density at radius 1 is 1.06 bits per heavy atom. The second kappa shape index (κ2) is 9.50. The molecule has 3 aromatic rings. The maximum absolute atomic E-state index is 13.2. The number of carbonyl (C=O) groups excluding carboxylic acids is 1. The summed E-state index contributed by atoms with van der Waals surface area (Å²) >= 11 is 1.51. The second-order valence-corrected chi connectivity index (χ2v) is 10.4. The first-order valence-corrected chi connectivity index (χ1v) is 12.5. The number of fused-ring (bicyclic) bond motifs is 1. The molecule has 0 bridgehead atoms. The van der Waals surface area contributed by atoms with Crippen LogP contribution >= 0.6 is 11.8 Å². The molecule has 2 aliphatic rings. The van der Waals surface area contributed by atoms with Crippen LogP contribution in [0.25, 0.3) is 0 Å². The van der Waals surface area contributed by atoms with Gasteiger partial charge in [-0.3, -0.25) is 9.59 Å². The second-order valence-electron chi connectivity index (χ2n) is 8.87. The van der Waals surface area contributed by atoms with Crippen LogP contribution in [0.4, 0.5) is 5.82 Å². The number of nitrogens with zero attached hydrogens (tertiary/aromatic N) is 1. The highest BCUT2D eigenvalue weighted by atomic mass is 32.2. The lowest BCUT2D eigenvalue weighted by Gasteiger charge is -2.32. The summed E-state index contributed by atoms with van der Waals surface area (Å²) in [6, 6.07) is 17.7. The van der Waals surface area contributed by atoms with Gasteiger partial charge in [0.05, 0.1) is 5.56 Å². The van der Waals surface area contributed by atoms with Crippen molar-refractivity contribution in [3.63, 3.8) is 0 Å². The number of Topliss-reactive ketones (excluding diaryl/α,β-unsaturated/α-hetero) is 1. The molecule has 6 nitrogen and oxygen atoms in total. The molecule has 0 radical (unpaired) electrons. The van der Waals surface area contributed by atoms with Gasteiger partial charge in [-0.15, -0.1) is 0 Å². The first-order valence-electron chi connectivity index (χ1n) is 11.6. The average molecular weight is 474 g/mol. The lowest BCUT2D eigenvalue weighted by Crippen LogP contribution is -2.32. The van der Waals surface area contributed by atoms with Crippen LogP contribution in [0.3, 0.4) is 0 Å². The van der Waals surface area contributed by atoms with E-state index in [1.54, 1.807) is 0 Å². The number of allylic oxidation sites excluding steroid dienone is 2.